The van der Waals surface area contributed by atoms with E-state index in [9.17, 15) is 5.26 Å². The van der Waals surface area contributed by atoms with Crippen LogP contribution in [0, 0.1) is 11.3 Å². The number of hydrogen-bond donors (Lipinski definition) is 0. The minimum absolute atomic E-state index is 0.318. The summed E-state index contributed by atoms with van der Waals surface area (Å²) in [4.78, 5) is 29.3. The van der Waals surface area contributed by atoms with Crippen molar-refractivity contribution in [2.75, 3.05) is 0 Å². The van der Waals surface area contributed by atoms with Gasteiger partial charge in [0.2, 0.25) is 0 Å². The highest BCUT2D eigenvalue weighted by molar-refractivity contribution is 5.87. The Kier molecular flexibility index (Phi) is 9.75. The number of benzene rings is 6. The van der Waals surface area contributed by atoms with Gasteiger partial charge in [-0.25, -0.2) is 19.9 Å². The van der Waals surface area contributed by atoms with Crippen molar-refractivity contribution in [2.45, 2.75) is 19.3 Å². The molecule has 0 amide bonds. The summed E-state index contributed by atoms with van der Waals surface area (Å²) in [5.74, 6) is 1.72. The molecule has 4 aromatic heterocycles. The molecule has 7 heteroatoms. The lowest BCUT2D eigenvalue weighted by molar-refractivity contribution is 0.660. The fourth-order valence-corrected chi connectivity index (χ4v) is 8.91. The topological polar surface area (TPSA) is 101 Å². The van der Waals surface area contributed by atoms with Gasteiger partial charge in [0.05, 0.1) is 23.0 Å². The maximum Gasteiger partial charge on any atom is 0.164 e. The monoisotopic (exact) mass is 833 g/mol. The van der Waals surface area contributed by atoms with E-state index in [1.165, 1.54) is 11.1 Å². The third-order valence-electron chi connectivity index (χ3n) is 12.4. The van der Waals surface area contributed by atoms with Gasteiger partial charge in [0.25, 0.3) is 0 Å². The first-order chi connectivity index (χ1) is 31.9. The zero-order valence-corrected chi connectivity index (χ0v) is 35.7. The third kappa shape index (κ3) is 7.43. The second-order valence-electron chi connectivity index (χ2n) is 16.8. The van der Waals surface area contributed by atoms with E-state index in [0.717, 1.165) is 83.7 Å². The molecule has 65 heavy (non-hydrogen) atoms. The summed E-state index contributed by atoms with van der Waals surface area (Å²) in [6.45, 7) is 4.49. The third-order valence-corrected chi connectivity index (χ3v) is 12.4. The first kappa shape index (κ1) is 39.1. The van der Waals surface area contributed by atoms with Gasteiger partial charge in [-0.15, -0.1) is 0 Å². The SMILES string of the molecule is CC1(C)c2cc(C#N)ccc2-c2ccc(-c3cc(-c4cc(-c5ccncc5)nc(-c5ccncc5)c4)cc(-c4nc(-c5ccccc5)nc(-c5ccc(-c6ccccc6)cc5)n4)c3)cc21. The number of pyridine rings is 3. The molecule has 4 heterocycles. The standard InChI is InChI=1S/C58H39N7/c1-58(2)51-29-37(36-59)13-19-49(51)50-20-18-44(33-52(50)58)45-30-46(47-34-53(40-21-25-60-26-22-40)62-54(35-47)41-23-27-61-28-24-41)32-48(31-45)57-64-55(42-11-7-4-8-12-42)63-56(65-57)43-16-14-39(15-17-43)38-9-5-3-6-10-38/h3-35H,1-2H3. The molecule has 6 aromatic carbocycles. The molecule has 0 bridgehead atoms. The Morgan fingerprint density at radius 2 is 0.785 bits per heavy atom. The summed E-state index contributed by atoms with van der Waals surface area (Å²) in [7, 11) is 0. The molecule has 11 rings (SSSR count). The molecule has 0 radical (unpaired) electrons. The van der Waals surface area contributed by atoms with Gasteiger partial charge in [0.1, 0.15) is 0 Å². The molecule has 0 spiro atoms. The molecule has 0 unspecified atom stereocenters. The summed E-state index contributed by atoms with van der Waals surface area (Å²) in [5.41, 5.74) is 17.5. The van der Waals surface area contributed by atoms with Gasteiger partial charge >= 0.3 is 0 Å². The number of aromatic nitrogens is 6. The highest BCUT2D eigenvalue weighted by Crippen LogP contribution is 2.50. The van der Waals surface area contributed by atoms with Gasteiger partial charge in [0.15, 0.2) is 17.5 Å². The van der Waals surface area contributed by atoms with E-state index in [2.05, 4.69) is 133 Å². The van der Waals surface area contributed by atoms with E-state index in [0.29, 0.717) is 23.0 Å². The lowest BCUT2D eigenvalue weighted by atomic mass is 9.81. The predicted molar refractivity (Wildman–Crippen MR) is 259 cm³/mol. The van der Waals surface area contributed by atoms with Crippen molar-refractivity contribution in [1.29, 1.82) is 5.26 Å². The molecule has 1 aliphatic carbocycles. The van der Waals surface area contributed by atoms with E-state index in [4.69, 9.17) is 19.9 Å². The van der Waals surface area contributed by atoms with E-state index in [1.54, 1.807) is 24.8 Å². The highest BCUT2D eigenvalue weighted by Gasteiger charge is 2.36. The maximum atomic E-state index is 9.80. The zero-order valence-electron chi connectivity index (χ0n) is 35.7. The van der Waals surface area contributed by atoms with E-state index >= 15 is 0 Å². The Balaban J connectivity index is 1.12. The smallest absolute Gasteiger partial charge is 0.164 e. The Bertz CT molecular complexity index is 3380. The molecule has 0 aliphatic heterocycles. The Morgan fingerprint density at radius 3 is 1.37 bits per heavy atom. The minimum Gasteiger partial charge on any atom is -0.265 e. The number of nitrogens with zero attached hydrogens (tertiary/aromatic N) is 7. The van der Waals surface area contributed by atoms with Crippen LogP contribution in [0.4, 0.5) is 0 Å². The summed E-state index contributed by atoms with van der Waals surface area (Å²) in [6.07, 6.45) is 7.17. The molecule has 0 fully saturated rings. The average Bonchev–Trinajstić information content (AvgIpc) is 3.61. The number of nitriles is 1. The van der Waals surface area contributed by atoms with Crippen LogP contribution < -0.4 is 0 Å². The number of fused-ring (bicyclic) bond motifs is 3. The molecule has 0 atom stereocenters. The van der Waals surface area contributed by atoms with Gasteiger partial charge in [-0.1, -0.05) is 117 Å². The molecule has 7 nitrogen and oxygen atoms in total. The Morgan fingerprint density at radius 1 is 0.354 bits per heavy atom. The van der Waals surface area contributed by atoms with Crippen molar-refractivity contribution < 1.29 is 0 Å². The molecule has 306 valence electrons. The van der Waals surface area contributed by atoms with Crippen LogP contribution in [0.1, 0.15) is 30.5 Å². The van der Waals surface area contributed by atoms with Crippen LogP contribution in [0.25, 0.3) is 101 Å². The zero-order chi connectivity index (χ0) is 43.9. The van der Waals surface area contributed by atoms with Gasteiger partial charge < -0.3 is 0 Å². The van der Waals surface area contributed by atoms with E-state index in [-0.39, 0.29) is 5.41 Å². The van der Waals surface area contributed by atoms with Crippen molar-refractivity contribution in [3.63, 3.8) is 0 Å². The molecule has 10 aromatic rings. The number of rotatable bonds is 8. The lowest BCUT2D eigenvalue weighted by Crippen LogP contribution is -2.15. The molecule has 0 saturated heterocycles. The van der Waals surface area contributed by atoms with Gasteiger partial charge in [-0.05, 0) is 128 Å². The van der Waals surface area contributed by atoms with Crippen LogP contribution in [-0.4, -0.2) is 29.9 Å². The van der Waals surface area contributed by atoms with Crippen molar-refractivity contribution >= 4 is 0 Å². The van der Waals surface area contributed by atoms with Gasteiger partial charge in [-0.2, -0.15) is 5.26 Å². The highest BCUT2D eigenvalue weighted by atomic mass is 15.0. The number of hydrogen-bond acceptors (Lipinski definition) is 7. The summed E-state index contributed by atoms with van der Waals surface area (Å²) in [6, 6.07) is 62.8. The second kappa shape index (κ2) is 16.2. The fourth-order valence-electron chi connectivity index (χ4n) is 8.91. The first-order valence-electron chi connectivity index (χ1n) is 21.5. The average molecular weight is 834 g/mol. The quantitative estimate of drug-likeness (QED) is 0.150. The van der Waals surface area contributed by atoms with E-state index < -0.39 is 0 Å². The van der Waals surface area contributed by atoms with Crippen molar-refractivity contribution in [1.82, 2.24) is 29.9 Å². The maximum absolute atomic E-state index is 9.80. The van der Waals surface area contributed by atoms with Crippen molar-refractivity contribution in [3.05, 3.63) is 217 Å². The van der Waals surface area contributed by atoms with Crippen LogP contribution in [0.3, 0.4) is 0 Å². The van der Waals surface area contributed by atoms with Crippen LogP contribution in [-0.2, 0) is 5.41 Å². The largest absolute Gasteiger partial charge is 0.265 e. The van der Waals surface area contributed by atoms with Crippen molar-refractivity contribution in [2.24, 2.45) is 0 Å². The van der Waals surface area contributed by atoms with E-state index in [1.807, 2.05) is 72.8 Å². The molecular weight excluding hydrogens is 795 g/mol. The Labute approximate surface area is 377 Å². The van der Waals surface area contributed by atoms with Crippen LogP contribution >= 0.6 is 0 Å². The minimum atomic E-state index is -0.318. The predicted octanol–water partition coefficient (Wildman–Crippen LogP) is 13.6. The summed E-state index contributed by atoms with van der Waals surface area (Å²) in [5, 5.41) is 9.80. The normalized spacial score (nSPS) is 12.3. The fraction of sp³-hybridized carbons (Fsp3) is 0.0517. The lowest BCUT2D eigenvalue weighted by Gasteiger charge is -2.22. The van der Waals surface area contributed by atoms with Gasteiger partial charge in [-0.3, -0.25) is 9.97 Å². The van der Waals surface area contributed by atoms with Crippen LogP contribution in [0.5, 0.6) is 0 Å². The first-order valence-corrected chi connectivity index (χ1v) is 21.5. The summed E-state index contributed by atoms with van der Waals surface area (Å²) >= 11 is 0. The molecule has 0 N–H and O–H groups in total. The Hall–Kier alpha value is -8.73. The van der Waals surface area contributed by atoms with Crippen LogP contribution in [0.15, 0.2) is 201 Å². The van der Waals surface area contributed by atoms with Crippen molar-refractivity contribution in [3.8, 4) is 107 Å². The van der Waals surface area contributed by atoms with Gasteiger partial charge in [0, 0.05) is 58.0 Å². The molecule has 0 saturated carbocycles. The summed E-state index contributed by atoms with van der Waals surface area (Å²) < 4.78 is 0. The molecular formula is C58H39N7. The second-order valence-corrected chi connectivity index (χ2v) is 16.8. The van der Waals surface area contributed by atoms with Crippen LogP contribution in [0.2, 0.25) is 0 Å². The molecule has 1 aliphatic rings.